The summed E-state index contributed by atoms with van der Waals surface area (Å²) in [6.45, 7) is 2.28. The highest BCUT2D eigenvalue weighted by molar-refractivity contribution is 5.38. The molecule has 2 rings (SSSR count). The predicted octanol–water partition coefficient (Wildman–Crippen LogP) is 5.08. The van der Waals surface area contributed by atoms with Crippen LogP contribution in [0.2, 0.25) is 0 Å². The summed E-state index contributed by atoms with van der Waals surface area (Å²) in [6.07, 6.45) is 13.8. The fourth-order valence-electron chi connectivity index (χ4n) is 2.69. The highest BCUT2D eigenvalue weighted by Gasteiger charge is 2.12. The summed E-state index contributed by atoms with van der Waals surface area (Å²) in [5, 5.41) is 0. The summed E-state index contributed by atoms with van der Waals surface area (Å²) >= 11 is 0. The molecule has 0 heteroatoms. The SMILES string of the molecule is CCCCCCCCCc1ccc2c(c1)CC2. The summed E-state index contributed by atoms with van der Waals surface area (Å²) in [5.41, 5.74) is 4.77. The lowest BCUT2D eigenvalue weighted by Crippen LogP contribution is -2.08. The minimum atomic E-state index is 1.29. The van der Waals surface area contributed by atoms with Gasteiger partial charge in [0.15, 0.2) is 0 Å². The van der Waals surface area contributed by atoms with Crippen LogP contribution in [0.4, 0.5) is 0 Å². The molecule has 0 saturated carbocycles. The molecular formula is C17H26. The summed E-state index contributed by atoms with van der Waals surface area (Å²) in [7, 11) is 0. The molecule has 0 N–H and O–H groups in total. The molecule has 0 amide bonds. The predicted molar refractivity (Wildman–Crippen MR) is 75.5 cm³/mol. The van der Waals surface area contributed by atoms with Crippen molar-refractivity contribution in [1.82, 2.24) is 0 Å². The van der Waals surface area contributed by atoms with Crippen LogP contribution in [0.25, 0.3) is 0 Å². The molecule has 1 aromatic carbocycles. The van der Waals surface area contributed by atoms with E-state index in [9.17, 15) is 0 Å². The molecule has 0 saturated heterocycles. The van der Waals surface area contributed by atoms with Crippen molar-refractivity contribution in [2.45, 2.75) is 71.1 Å². The highest BCUT2D eigenvalue weighted by Crippen LogP contribution is 2.24. The van der Waals surface area contributed by atoms with Gasteiger partial charge in [-0.05, 0) is 42.4 Å². The number of rotatable bonds is 8. The largest absolute Gasteiger partial charge is 0.0654 e. The maximum atomic E-state index is 2.44. The van der Waals surface area contributed by atoms with Crippen molar-refractivity contribution in [3.63, 3.8) is 0 Å². The molecule has 0 heterocycles. The number of aryl methyl sites for hydroxylation is 3. The van der Waals surface area contributed by atoms with Gasteiger partial charge in [-0.3, -0.25) is 0 Å². The molecule has 1 aliphatic rings. The quantitative estimate of drug-likeness (QED) is 0.546. The summed E-state index contributed by atoms with van der Waals surface area (Å²) in [5.74, 6) is 0. The Labute approximate surface area is 106 Å². The normalized spacial score (nSPS) is 13.2. The van der Waals surface area contributed by atoms with Crippen LogP contribution in [0.3, 0.4) is 0 Å². The van der Waals surface area contributed by atoms with Gasteiger partial charge in [0.2, 0.25) is 0 Å². The molecule has 0 spiro atoms. The van der Waals surface area contributed by atoms with E-state index < -0.39 is 0 Å². The Balaban J connectivity index is 1.57. The number of fused-ring (bicyclic) bond motifs is 1. The maximum Gasteiger partial charge on any atom is -0.0235 e. The van der Waals surface area contributed by atoms with Crippen LogP contribution in [0.1, 0.15) is 68.6 Å². The molecule has 1 aliphatic carbocycles. The Morgan fingerprint density at radius 1 is 0.824 bits per heavy atom. The van der Waals surface area contributed by atoms with Crippen molar-refractivity contribution in [3.05, 3.63) is 34.9 Å². The Bertz CT molecular complexity index is 338. The van der Waals surface area contributed by atoms with Gasteiger partial charge in [0.05, 0.1) is 0 Å². The Morgan fingerprint density at radius 2 is 1.53 bits per heavy atom. The van der Waals surface area contributed by atoms with Crippen molar-refractivity contribution < 1.29 is 0 Å². The van der Waals surface area contributed by atoms with Crippen LogP contribution in [0, 0.1) is 0 Å². The van der Waals surface area contributed by atoms with Gasteiger partial charge in [-0.15, -0.1) is 0 Å². The van der Waals surface area contributed by atoms with Crippen LogP contribution in [-0.4, -0.2) is 0 Å². The molecule has 0 unspecified atom stereocenters. The van der Waals surface area contributed by atoms with Crippen LogP contribution in [0.5, 0.6) is 0 Å². The van der Waals surface area contributed by atoms with Crippen molar-refractivity contribution in [1.29, 1.82) is 0 Å². The molecule has 0 atom stereocenters. The third-order valence-corrected chi connectivity index (χ3v) is 4.00. The lowest BCUT2D eigenvalue weighted by molar-refractivity contribution is 0.589. The third-order valence-electron chi connectivity index (χ3n) is 4.00. The number of hydrogen-bond acceptors (Lipinski definition) is 0. The number of hydrogen-bond donors (Lipinski definition) is 0. The van der Waals surface area contributed by atoms with E-state index in [2.05, 4.69) is 25.1 Å². The second-order valence-corrected chi connectivity index (χ2v) is 5.47. The van der Waals surface area contributed by atoms with Gasteiger partial charge in [-0.1, -0.05) is 63.6 Å². The fraction of sp³-hybridized carbons (Fsp3) is 0.647. The van der Waals surface area contributed by atoms with Crippen molar-refractivity contribution >= 4 is 0 Å². The van der Waals surface area contributed by atoms with Crippen LogP contribution in [0.15, 0.2) is 18.2 Å². The van der Waals surface area contributed by atoms with E-state index in [0.717, 1.165) is 0 Å². The molecule has 0 nitrogen and oxygen atoms in total. The van der Waals surface area contributed by atoms with Crippen molar-refractivity contribution in [3.8, 4) is 0 Å². The first-order valence-corrected chi connectivity index (χ1v) is 7.51. The van der Waals surface area contributed by atoms with Gasteiger partial charge in [-0.2, -0.15) is 0 Å². The first-order valence-electron chi connectivity index (χ1n) is 7.51. The first-order chi connectivity index (χ1) is 8.40. The molecular weight excluding hydrogens is 204 g/mol. The Morgan fingerprint density at radius 3 is 2.18 bits per heavy atom. The minimum absolute atomic E-state index is 1.29. The van der Waals surface area contributed by atoms with E-state index >= 15 is 0 Å². The number of unbranched alkanes of at least 4 members (excludes halogenated alkanes) is 6. The van der Waals surface area contributed by atoms with E-state index in [1.54, 1.807) is 16.7 Å². The standard InChI is InChI=1S/C17H26/c1-2-3-4-5-6-7-8-9-15-10-11-16-12-13-17(16)14-15/h10-11,14H,2-9,12-13H2,1H3. The minimum Gasteiger partial charge on any atom is -0.0654 e. The van der Waals surface area contributed by atoms with E-state index in [-0.39, 0.29) is 0 Å². The van der Waals surface area contributed by atoms with Gasteiger partial charge in [0.1, 0.15) is 0 Å². The molecule has 0 fully saturated rings. The van der Waals surface area contributed by atoms with Crippen molar-refractivity contribution in [2.24, 2.45) is 0 Å². The number of benzene rings is 1. The van der Waals surface area contributed by atoms with E-state index in [1.165, 1.54) is 64.2 Å². The second kappa shape index (κ2) is 6.83. The first kappa shape index (κ1) is 12.7. The molecule has 0 radical (unpaired) electrons. The Kier molecular flexibility index (Phi) is 5.09. The van der Waals surface area contributed by atoms with Crippen molar-refractivity contribution in [2.75, 3.05) is 0 Å². The smallest absolute Gasteiger partial charge is 0.0235 e. The fourth-order valence-corrected chi connectivity index (χ4v) is 2.69. The van der Waals surface area contributed by atoms with E-state index in [1.807, 2.05) is 0 Å². The van der Waals surface area contributed by atoms with Crippen LogP contribution < -0.4 is 0 Å². The third kappa shape index (κ3) is 3.87. The van der Waals surface area contributed by atoms with Gasteiger partial charge < -0.3 is 0 Å². The van der Waals surface area contributed by atoms with E-state index in [0.29, 0.717) is 0 Å². The highest BCUT2D eigenvalue weighted by atomic mass is 14.2. The molecule has 0 aliphatic heterocycles. The summed E-state index contributed by atoms with van der Waals surface area (Å²) in [6, 6.07) is 7.13. The lowest BCUT2D eigenvalue weighted by atomic mass is 9.86. The molecule has 17 heavy (non-hydrogen) atoms. The molecule has 1 aromatic rings. The monoisotopic (exact) mass is 230 g/mol. The zero-order valence-electron chi connectivity index (χ0n) is 11.3. The molecule has 0 aromatic heterocycles. The maximum absolute atomic E-state index is 2.44. The zero-order valence-corrected chi connectivity index (χ0v) is 11.3. The lowest BCUT2D eigenvalue weighted by Gasteiger charge is -2.19. The summed E-state index contributed by atoms with van der Waals surface area (Å²) in [4.78, 5) is 0. The second-order valence-electron chi connectivity index (χ2n) is 5.47. The molecule has 94 valence electrons. The van der Waals surface area contributed by atoms with Gasteiger partial charge >= 0.3 is 0 Å². The average Bonchev–Trinajstić information content (AvgIpc) is 2.31. The Hall–Kier alpha value is -0.780. The van der Waals surface area contributed by atoms with Crippen LogP contribution >= 0.6 is 0 Å². The van der Waals surface area contributed by atoms with E-state index in [4.69, 9.17) is 0 Å². The average molecular weight is 230 g/mol. The van der Waals surface area contributed by atoms with Gasteiger partial charge in [-0.25, -0.2) is 0 Å². The molecule has 0 bridgehead atoms. The topological polar surface area (TPSA) is 0 Å². The van der Waals surface area contributed by atoms with Gasteiger partial charge in [0, 0.05) is 0 Å². The summed E-state index contributed by atoms with van der Waals surface area (Å²) < 4.78 is 0. The zero-order chi connectivity index (χ0) is 11.9. The van der Waals surface area contributed by atoms with Gasteiger partial charge in [0.25, 0.3) is 0 Å². The van der Waals surface area contributed by atoms with Crippen LogP contribution in [-0.2, 0) is 19.3 Å².